The Bertz CT molecular complexity index is 6710. The van der Waals surface area contributed by atoms with Crippen LogP contribution in [0.25, 0.3) is 184 Å². The average molecular weight is 1260 g/mol. The van der Waals surface area contributed by atoms with E-state index in [2.05, 4.69) is 358 Å². The molecule has 0 bridgehead atoms. The molecule has 0 radical (unpaired) electrons. The molecule has 0 N–H and O–H groups in total. The van der Waals surface area contributed by atoms with E-state index in [4.69, 9.17) is 0 Å². The van der Waals surface area contributed by atoms with Gasteiger partial charge in [-0.05, 0) is 161 Å². The van der Waals surface area contributed by atoms with Gasteiger partial charge in [-0.1, -0.05) is 206 Å². The van der Waals surface area contributed by atoms with Crippen LogP contribution in [0.15, 0.2) is 340 Å². The molecule has 0 fully saturated rings. The highest BCUT2D eigenvalue weighted by Gasteiger charge is 2.21. The topological polar surface area (TPSA) is 19.7 Å². The highest BCUT2D eigenvalue weighted by molar-refractivity contribution is 7.26. The lowest BCUT2D eigenvalue weighted by atomic mass is 10.0. The third-order valence-electron chi connectivity index (χ3n) is 19.8. The van der Waals surface area contributed by atoms with Crippen LogP contribution in [0.2, 0.25) is 0 Å². The molecular formula is C90H56N4S2. The zero-order valence-electron chi connectivity index (χ0n) is 51.9. The Hall–Kier alpha value is -12.1. The monoisotopic (exact) mass is 1260 g/mol. The van der Waals surface area contributed by atoms with E-state index in [1.165, 1.54) is 184 Å². The maximum atomic E-state index is 2.43. The fraction of sp³-hybridized carbons (Fsp3) is 0. The van der Waals surface area contributed by atoms with Crippen LogP contribution in [0.1, 0.15) is 0 Å². The summed E-state index contributed by atoms with van der Waals surface area (Å²) in [6.45, 7) is 0. The number of para-hydroxylation sites is 6. The maximum absolute atomic E-state index is 2.43. The van der Waals surface area contributed by atoms with Gasteiger partial charge in [0, 0.05) is 106 Å². The van der Waals surface area contributed by atoms with Gasteiger partial charge in [0.15, 0.2) is 0 Å². The molecule has 0 amide bonds. The van der Waals surface area contributed by atoms with Crippen molar-refractivity contribution in [2.45, 2.75) is 0 Å². The van der Waals surface area contributed by atoms with E-state index in [1.807, 2.05) is 22.7 Å². The predicted molar refractivity (Wildman–Crippen MR) is 412 cm³/mol. The minimum absolute atomic E-state index is 1.18. The number of aromatic nitrogens is 4. The lowest BCUT2D eigenvalue weighted by Gasteiger charge is -2.14. The van der Waals surface area contributed by atoms with Crippen molar-refractivity contribution >= 4 is 150 Å². The molecule has 6 aromatic heterocycles. The first-order chi connectivity index (χ1) is 47.6. The minimum Gasteiger partial charge on any atom is -0.309 e. The lowest BCUT2D eigenvalue weighted by Crippen LogP contribution is -1.97. The van der Waals surface area contributed by atoms with Gasteiger partial charge < -0.3 is 18.3 Å². The second-order valence-corrected chi connectivity index (χ2v) is 27.3. The zero-order chi connectivity index (χ0) is 63.0. The Balaban J connectivity index is 0.000000132. The summed E-state index contributed by atoms with van der Waals surface area (Å²) in [7, 11) is 0. The van der Waals surface area contributed by atoms with Crippen molar-refractivity contribution in [1.29, 1.82) is 0 Å². The number of nitrogens with zero attached hydrogens (tertiary/aromatic N) is 4. The van der Waals surface area contributed by atoms with Crippen LogP contribution < -0.4 is 0 Å². The van der Waals surface area contributed by atoms with Gasteiger partial charge in [0.1, 0.15) is 0 Å². The van der Waals surface area contributed by atoms with Crippen molar-refractivity contribution in [3.8, 4) is 56.1 Å². The van der Waals surface area contributed by atoms with Crippen LogP contribution in [-0.2, 0) is 0 Å². The molecule has 0 saturated heterocycles. The summed E-state index contributed by atoms with van der Waals surface area (Å²) < 4.78 is 15.0. The van der Waals surface area contributed by atoms with Crippen molar-refractivity contribution in [2.24, 2.45) is 0 Å². The van der Waals surface area contributed by atoms with Crippen molar-refractivity contribution in [3.63, 3.8) is 0 Å². The van der Waals surface area contributed by atoms with E-state index >= 15 is 0 Å². The highest BCUT2D eigenvalue weighted by atomic mass is 32.1. The smallest absolute Gasteiger partial charge is 0.0541 e. The average Bonchev–Trinajstić information content (AvgIpc) is 1.59. The van der Waals surface area contributed by atoms with Crippen LogP contribution in [0.3, 0.4) is 0 Å². The first-order valence-corrected chi connectivity index (χ1v) is 34.4. The van der Waals surface area contributed by atoms with Gasteiger partial charge in [-0.3, -0.25) is 0 Å². The number of rotatable bonds is 7. The van der Waals surface area contributed by atoms with Gasteiger partial charge in [-0.15, -0.1) is 22.7 Å². The summed E-state index contributed by atoms with van der Waals surface area (Å²) >= 11 is 3.73. The summed E-state index contributed by atoms with van der Waals surface area (Å²) in [4.78, 5) is 0. The van der Waals surface area contributed by atoms with Crippen LogP contribution in [0, 0.1) is 0 Å². The van der Waals surface area contributed by atoms with E-state index in [0.717, 1.165) is 0 Å². The second-order valence-electron chi connectivity index (χ2n) is 25.1. The van der Waals surface area contributed by atoms with E-state index < -0.39 is 0 Å². The fourth-order valence-electron chi connectivity index (χ4n) is 15.5. The molecule has 21 rings (SSSR count). The summed E-state index contributed by atoms with van der Waals surface area (Å²) in [6.07, 6.45) is 0. The van der Waals surface area contributed by atoms with Crippen LogP contribution in [-0.4, -0.2) is 18.3 Å². The molecule has 15 aromatic carbocycles. The predicted octanol–water partition coefficient (Wildman–Crippen LogP) is 25.5. The molecule has 0 aliphatic heterocycles. The zero-order valence-corrected chi connectivity index (χ0v) is 53.6. The number of thiophene rings is 2. The molecule has 96 heavy (non-hydrogen) atoms. The van der Waals surface area contributed by atoms with Gasteiger partial charge in [0.2, 0.25) is 0 Å². The van der Waals surface area contributed by atoms with Gasteiger partial charge in [-0.25, -0.2) is 0 Å². The van der Waals surface area contributed by atoms with Gasteiger partial charge >= 0.3 is 0 Å². The molecule has 21 aromatic rings. The molecule has 0 unspecified atom stereocenters. The second kappa shape index (κ2) is 21.8. The summed E-state index contributed by atoms with van der Waals surface area (Å²) in [5.74, 6) is 0. The van der Waals surface area contributed by atoms with Gasteiger partial charge in [0.05, 0.1) is 49.8 Å². The quantitative estimate of drug-likeness (QED) is 0.152. The van der Waals surface area contributed by atoms with E-state index in [-0.39, 0.29) is 0 Å². The van der Waals surface area contributed by atoms with Crippen LogP contribution in [0.5, 0.6) is 0 Å². The Labute approximate surface area is 560 Å². The first kappa shape index (κ1) is 54.5. The molecule has 0 aliphatic carbocycles. The molecule has 0 spiro atoms. The highest BCUT2D eigenvalue weighted by Crippen LogP contribution is 2.44. The Kier molecular flexibility index (Phi) is 12.4. The Morgan fingerprint density at radius 3 is 1.03 bits per heavy atom. The molecule has 6 heteroatoms. The van der Waals surface area contributed by atoms with Gasteiger partial charge in [-0.2, -0.15) is 0 Å². The van der Waals surface area contributed by atoms with E-state index in [1.54, 1.807) is 0 Å². The molecule has 0 atom stereocenters. The van der Waals surface area contributed by atoms with Crippen molar-refractivity contribution in [1.82, 2.24) is 18.3 Å². The summed E-state index contributed by atoms with van der Waals surface area (Å²) in [5, 5.41) is 15.4. The Morgan fingerprint density at radius 1 is 0.167 bits per heavy atom. The summed E-state index contributed by atoms with van der Waals surface area (Å²) in [5.41, 5.74) is 21.8. The Morgan fingerprint density at radius 2 is 0.510 bits per heavy atom. The number of fused-ring (bicyclic) bond motifs is 18. The third kappa shape index (κ3) is 8.52. The van der Waals surface area contributed by atoms with Crippen LogP contribution in [0.4, 0.5) is 0 Å². The number of benzene rings is 15. The van der Waals surface area contributed by atoms with Crippen molar-refractivity contribution < 1.29 is 0 Å². The van der Waals surface area contributed by atoms with Crippen LogP contribution >= 0.6 is 22.7 Å². The third-order valence-corrected chi connectivity index (χ3v) is 22.1. The fourth-order valence-corrected chi connectivity index (χ4v) is 17.7. The normalized spacial score (nSPS) is 12.0. The minimum atomic E-state index is 1.18. The SMILES string of the molecule is c1ccc(-c2ccccc2-n2c3ccccc3c3cc(-c4ccc5c(c4)c4ccccc4n5-c4ccc5sc6ccccc6c5c4)ccc32)cc1.c1ccc(-n2c3ccccc3c3cc(-c4ccc5c(c4)c4ccccc4n5-c4ccc5c(c4)sc4ccccc45)ccc32)cc1. The number of hydrogen-bond donors (Lipinski definition) is 0. The molecule has 0 aliphatic rings. The molecular weight excluding hydrogens is 1200 g/mol. The lowest BCUT2D eigenvalue weighted by molar-refractivity contribution is 1.18. The molecule has 4 nitrogen and oxygen atoms in total. The molecule has 6 heterocycles. The largest absolute Gasteiger partial charge is 0.309 e. The van der Waals surface area contributed by atoms with E-state index in [0.29, 0.717) is 0 Å². The summed E-state index contributed by atoms with van der Waals surface area (Å²) in [6, 6.07) is 124. The molecule has 0 saturated carbocycles. The van der Waals surface area contributed by atoms with E-state index in [9.17, 15) is 0 Å². The van der Waals surface area contributed by atoms with Crippen molar-refractivity contribution in [3.05, 3.63) is 340 Å². The standard InChI is InChI=1S/C48H30N2S.C42H26N2S/c1-2-12-31(13-3-1)35-14-4-8-18-42(35)50-44-20-10-6-16-37(44)40-29-33(23-26-46(40)50)32-22-25-45-39(28-32)36-15-5-9-19-43(36)49(45)34-24-27-48-41(30-34)38-17-7-11-21-47(38)51-48;1-2-10-29(11-3-1)43-37-15-7-4-12-31(37)35-24-27(18-22-39(35)43)28-19-23-40-36(25-28)32-13-5-8-16-38(32)44(40)30-20-21-34-33-14-6-9-17-41(33)45-42(34)26-30/h1-30H;1-26H. The van der Waals surface area contributed by atoms with Crippen molar-refractivity contribution in [2.75, 3.05) is 0 Å². The molecule has 448 valence electrons. The first-order valence-electron chi connectivity index (χ1n) is 32.8. The van der Waals surface area contributed by atoms with Gasteiger partial charge in [0.25, 0.3) is 0 Å². The number of hydrogen-bond acceptors (Lipinski definition) is 2. The maximum Gasteiger partial charge on any atom is 0.0541 e.